The minimum atomic E-state index is -3.50. The van der Waals surface area contributed by atoms with Crippen molar-refractivity contribution in [1.82, 2.24) is 10.2 Å². The standard InChI is InChI=1S/C20H31N3O3S/c1-16-5-3-4-14-23(16)15-17-6-8-18(9-7-17)22-19(24)20(27(2,25)26)10-12-21-13-11-20/h6-9,16,21H,3-5,10-15H2,1-2H3,(H,22,24). The molecule has 0 saturated carbocycles. The van der Waals surface area contributed by atoms with E-state index >= 15 is 0 Å². The zero-order valence-corrected chi connectivity index (χ0v) is 17.1. The molecule has 6 nitrogen and oxygen atoms in total. The molecule has 2 fully saturated rings. The number of nitrogens with zero attached hydrogens (tertiary/aromatic N) is 1. The molecule has 0 radical (unpaired) electrons. The highest BCUT2D eigenvalue weighted by Gasteiger charge is 2.48. The van der Waals surface area contributed by atoms with Crippen LogP contribution in [0.4, 0.5) is 5.69 Å². The number of piperidine rings is 2. The van der Waals surface area contributed by atoms with Gasteiger partial charge in [-0.05, 0) is 69.9 Å². The van der Waals surface area contributed by atoms with Crippen molar-refractivity contribution in [3.05, 3.63) is 29.8 Å². The number of nitrogens with one attached hydrogen (secondary N) is 2. The lowest BCUT2D eigenvalue weighted by Gasteiger charge is -2.34. The van der Waals surface area contributed by atoms with Gasteiger partial charge in [0, 0.05) is 24.5 Å². The molecule has 1 atom stereocenters. The van der Waals surface area contributed by atoms with Crippen LogP contribution in [-0.4, -0.2) is 55.9 Å². The quantitative estimate of drug-likeness (QED) is 0.802. The summed E-state index contributed by atoms with van der Waals surface area (Å²) in [6, 6.07) is 8.39. The zero-order valence-electron chi connectivity index (χ0n) is 16.3. The van der Waals surface area contributed by atoms with E-state index in [0.29, 0.717) is 37.7 Å². The van der Waals surface area contributed by atoms with Gasteiger partial charge in [0.25, 0.3) is 0 Å². The van der Waals surface area contributed by atoms with E-state index in [4.69, 9.17) is 0 Å². The first kappa shape index (κ1) is 20.3. The molecule has 1 amide bonds. The smallest absolute Gasteiger partial charge is 0.245 e. The molecule has 2 N–H and O–H groups in total. The van der Waals surface area contributed by atoms with Crippen LogP contribution in [0, 0.1) is 0 Å². The summed E-state index contributed by atoms with van der Waals surface area (Å²) in [4.78, 5) is 15.3. The summed E-state index contributed by atoms with van der Waals surface area (Å²) in [5, 5.41) is 5.97. The highest BCUT2D eigenvalue weighted by molar-refractivity contribution is 7.92. The highest BCUT2D eigenvalue weighted by Crippen LogP contribution is 2.29. The van der Waals surface area contributed by atoms with Gasteiger partial charge in [-0.3, -0.25) is 9.69 Å². The second kappa shape index (κ2) is 8.29. The monoisotopic (exact) mass is 393 g/mol. The first-order valence-electron chi connectivity index (χ1n) is 9.87. The van der Waals surface area contributed by atoms with E-state index in [2.05, 4.69) is 22.5 Å². The van der Waals surface area contributed by atoms with Crippen molar-refractivity contribution < 1.29 is 13.2 Å². The van der Waals surface area contributed by atoms with Gasteiger partial charge in [0.1, 0.15) is 0 Å². The highest BCUT2D eigenvalue weighted by atomic mass is 32.2. The molecule has 2 aliphatic rings. The van der Waals surface area contributed by atoms with E-state index in [-0.39, 0.29) is 0 Å². The lowest BCUT2D eigenvalue weighted by atomic mass is 9.95. The van der Waals surface area contributed by atoms with Gasteiger partial charge >= 0.3 is 0 Å². The molecule has 2 aliphatic heterocycles. The van der Waals surface area contributed by atoms with Crippen LogP contribution >= 0.6 is 0 Å². The Hall–Kier alpha value is -1.44. The van der Waals surface area contributed by atoms with Gasteiger partial charge in [-0.2, -0.15) is 0 Å². The number of hydrogen-bond donors (Lipinski definition) is 2. The maximum absolute atomic E-state index is 12.9. The Morgan fingerprint density at radius 2 is 1.89 bits per heavy atom. The van der Waals surface area contributed by atoms with Gasteiger partial charge in [-0.25, -0.2) is 8.42 Å². The number of sulfone groups is 1. The molecular formula is C20H31N3O3S. The van der Waals surface area contributed by atoms with Crippen LogP contribution in [0.15, 0.2) is 24.3 Å². The lowest BCUT2D eigenvalue weighted by Crippen LogP contribution is -2.55. The molecule has 0 aliphatic carbocycles. The van der Waals surface area contributed by atoms with Crippen LogP contribution in [0.5, 0.6) is 0 Å². The fourth-order valence-corrected chi connectivity index (χ4v) is 5.50. The number of carbonyl (C=O) groups is 1. The van der Waals surface area contributed by atoms with Crippen molar-refractivity contribution in [2.45, 2.75) is 56.4 Å². The van der Waals surface area contributed by atoms with E-state index in [9.17, 15) is 13.2 Å². The van der Waals surface area contributed by atoms with Crippen molar-refractivity contribution in [1.29, 1.82) is 0 Å². The number of likely N-dealkylation sites (tertiary alicyclic amines) is 1. The van der Waals surface area contributed by atoms with E-state index < -0.39 is 20.5 Å². The summed E-state index contributed by atoms with van der Waals surface area (Å²) in [7, 11) is -3.50. The summed E-state index contributed by atoms with van der Waals surface area (Å²) in [6.45, 7) is 5.39. The number of amides is 1. The van der Waals surface area contributed by atoms with E-state index in [1.165, 1.54) is 31.1 Å². The molecule has 0 bridgehead atoms. The third-order valence-corrected chi connectivity index (χ3v) is 8.09. The van der Waals surface area contributed by atoms with Crippen LogP contribution in [0.25, 0.3) is 0 Å². The third-order valence-electron chi connectivity index (χ3n) is 6.07. The molecule has 150 valence electrons. The van der Waals surface area contributed by atoms with Crippen molar-refractivity contribution in [2.75, 3.05) is 31.2 Å². The first-order valence-corrected chi connectivity index (χ1v) is 11.8. The van der Waals surface area contributed by atoms with Crippen LogP contribution in [0.2, 0.25) is 0 Å². The fourth-order valence-electron chi connectivity index (χ4n) is 4.16. The molecule has 2 heterocycles. The van der Waals surface area contributed by atoms with E-state index in [0.717, 1.165) is 13.1 Å². The molecule has 1 aromatic carbocycles. The molecule has 1 aromatic rings. The van der Waals surface area contributed by atoms with Crippen molar-refractivity contribution in [2.24, 2.45) is 0 Å². The van der Waals surface area contributed by atoms with Crippen molar-refractivity contribution >= 4 is 21.4 Å². The summed E-state index contributed by atoms with van der Waals surface area (Å²) in [5.41, 5.74) is 1.86. The summed E-state index contributed by atoms with van der Waals surface area (Å²) >= 11 is 0. The Morgan fingerprint density at radius 3 is 2.48 bits per heavy atom. The second-order valence-electron chi connectivity index (χ2n) is 7.98. The topological polar surface area (TPSA) is 78.5 Å². The van der Waals surface area contributed by atoms with Crippen molar-refractivity contribution in [3.63, 3.8) is 0 Å². The molecule has 7 heteroatoms. The molecular weight excluding hydrogens is 362 g/mol. The number of hydrogen-bond acceptors (Lipinski definition) is 5. The van der Waals surface area contributed by atoms with Gasteiger partial charge in [0.15, 0.2) is 14.6 Å². The third kappa shape index (κ3) is 4.52. The average molecular weight is 394 g/mol. The Bertz CT molecular complexity index is 755. The lowest BCUT2D eigenvalue weighted by molar-refractivity contribution is -0.119. The minimum Gasteiger partial charge on any atom is -0.325 e. The van der Waals surface area contributed by atoms with Crippen molar-refractivity contribution in [3.8, 4) is 0 Å². The SMILES string of the molecule is CC1CCCCN1Cc1ccc(NC(=O)C2(S(C)(=O)=O)CCNCC2)cc1. The molecule has 3 rings (SSSR count). The van der Waals surface area contributed by atoms with Gasteiger partial charge in [-0.1, -0.05) is 18.6 Å². The van der Waals surface area contributed by atoms with Crippen LogP contribution in [-0.2, 0) is 21.2 Å². The predicted molar refractivity (Wildman–Crippen MR) is 108 cm³/mol. The Kier molecular flexibility index (Phi) is 6.23. The first-order chi connectivity index (χ1) is 12.8. The number of benzene rings is 1. The van der Waals surface area contributed by atoms with E-state index in [1.54, 1.807) is 0 Å². The van der Waals surface area contributed by atoms with Gasteiger partial charge in [-0.15, -0.1) is 0 Å². The molecule has 0 aromatic heterocycles. The molecule has 27 heavy (non-hydrogen) atoms. The summed E-state index contributed by atoms with van der Waals surface area (Å²) in [5.74, 6) is -0.413. The maximum Gasteiger partial charge on any atom is 0.245 e. The van der Waals surface area contributed by atoms with Gasteiger partial charge in [0.05, 0.1) is 0 Å². The zero-order chi connectivity index (χ0) is 19.5. The van der Waals surface area contributed by atoms with Gasteiger partial charge < -0.3 is 10.6 Å². The Balaban J connectivity index is 1.67. The maximum atomic E-state index is 12.9. The average Bonchev–Trinajstić information content (AvgIpc) is 2.65. The van der Waals surface area contributed by atoms with Gasteiger partial charge in [0.2, 0.25) is 5.91 Å². The van der Waals surface area contributed by atoms with Crippen LogP contribution in [0.1, 0.15) is 44.6 Å². The Morgan fingerprint density at radius 1 is 1.22 bits per heavy atom. The summed E-state index contributed by atoms with van der Waals surface area (Å²) in [6.07, 6.45) is 5.59. The minimum absolute atomic E-state index is 0.308. The molecule has 2 saturated heterocycles. The second-order valence-corrected chi connectivity index (χ2v) is 10.3. The number of rotatable bonds is 5. The van der Waals surface area contributed by atoms with Crippen LogP contribution in [0.3, 0.4) is 0 Å². The molecule has 1 unspecified atom stereocenters. The molecule has 0 spiro atoms. The number of anilines is 1. The Labute approximate surface area is 162 Å². The van der Waals surface area contributed by atoms with Crippen LogP contribution < -0.4 is 10.6 Å². The predicted octanol–water partition coefficient (Wildman–Crippen LogP) is 2.17. The van der Waals surface area contributed by atoms with E-state index in [1.807, 2.05) is 24.3 Å². The number of carbonyl (C=O) groups excluding carboxylic acids is 1. The largest absolute Gasteiger partial charge is 0.325 e. The fraction of sp³-hybridized carbons (Fsp3) is 0.650. The normalized spacial score (nSPS) is 23.7. The summed E-state index contributed by atoms with van der Waals surface area (Å²) < 4.78 is 23.4.